The molecule has 0 saturated heterocycles. The van der Waals surface area contributed by atoms with E-state index in [0.717, 1.165) is 23.0 Å². The fourth-order valence-electron chi connectivity index (χ4n) is 4.35. The second-order valence-electron chi connectivity index (χ2n) is 6.58. The normalized spacial score (nSPS) is 29.9. The predicted molar refractivity (Wildman–Crippen MR) is 85.6 cm³/mol. The minimum Gasteiger partial charge on any atom is -0.396 e. The van der Waals surface area contributed by atoms with Crippen LogP contribution in [0, 0.1) is 17.8 Å². The number of fused-ring (bicyclic) bond motifs is 3. The average Bonchev–Trinajstić information content (AvgIpc) is 3.21. The van der Waals surface area contributed by atoms with E-state index in [-0.39, 0.29) is 24.6 Å². The molecule has 0 spiro atoms. The molecule has 1 aromatic heterocycles. The third-order valence-corrected chi connectivity index (χ3v) is 5.41. The summed E-state index contributed by atoms with van der Waals surface area (Å²) in [6, 6.07) is 7.72. The van der Waals surface area contributed by atoms with Crippen molar-refractivity contribution in [2.75, 3.05) is 11.9 Å². The van der Waals surface area contributed by atoms with Gasteiger partial charge in [0.25, 0.3) is 0 Å². The van der Waals surface area contributed by atoms with Crippen molar-refractivity contribution in [2.45, 2.75) is 25.3 Å². The van der Waals surface area contributed by atoms with Gasteiger partial charge in [-0.05, 0) is 55.4 Å². The van der Waals surface area contributed by atoms with Crippen LogP contribution >= 0.6 is 0 Å². The number of anilines is 1. The molecule has 1 heterocycles. The molecule has 2 aromatic rings. The van der Waals surface area contributed by atoms with Gasteiger partial charge in [0.05, 0.1) is 0 Å². The molecule has 5 nitrogen and oxygen atoms in total. The number of urea groups is 1. The molecule has 0 radical (unpaired) electrons. The predicted octanol–water partition coefficient (Wildman–Crippen LogP) is 2.70. The molecule has 1 aromatic carbocycles. The second kappa shape index (κ2) is 5.32. The van der Waals surface area contributed by atoms with Gasteiger partial charge in [-0.25, -0.2) is 4.79 Å². The topological polar surface area (TPSA) is 77.2 Å². The van der Waals surface area contributed by atoms with Crippen LogP contribution in [0.1, 0.15) is 19.3 Å². The first-order chi connectivity index (χ1) is 10.7. The van der Waals surface area contributed by atoms with Gasteiger partial charge in [0.15, 0.2) is 0 Å². The number of hydrogen-bond donors (Lipinski definition) is 4. The van der Waals surface area contributed by atoms with E-state index in [1.165, 1.54) is 12.8 Å². The molecule has 2 bridgehead atoms. The minimum atomic E-state index is -0.175. The molecule has 22 heavy (non-hydrogen) atoms. The summed E-state index contributed by atoms with van der Waals surface area (Å²) in [5, 5.41) is 16.6. The molecule has 2 saturated carbocycles. The largest absolute Gasteiger partial charge is 0.396 e. The Kier molecular flexibility index (Phi) is 3.30. The van der Waals surface area contributed by atoms with Crippen LogP contribution in [-0.4, -0.2) is 28.8 Å². The highest BCUT2D eigenvalue weighted by atomic mass is 16.3. The van der Waals surface area contributed by atoms with Gasteiger partial charge in [0.2, 0.25) is 0 Å². The Bertz CT molecular complexity index is 696. The van der Waals surface area contributed by atoms with Gasteiger partial charge in [0.1, 0.15) is 0 Å². The second-order valence-corrected chi connectivity index (χ2v) is 6.58. The van der Waals surface area contributed by atoms with Crippen LogP contribution in [0.4, 0.5) is 10.5 Å². The quantitative estimate of drug-likeness (QED) is 0.703. The van der Waals surface area contributed by atoms with Gasteiger partial charge in [-0.15, -0.1) is 0 Å². The summed E-state index contributed by atoms with van der Waals surface area (Å²) < 4.78 is 0. The van der Waals surface area contributed by atoms with Gasteiger partial charge in [0, 0.05) is 41.4 Å². The maximum atomic E-state index is 12.3. The lowest BCUT2D eigenvalue weighted by Gasteiger charge is -2.30. The standard InChI is InChI=1S/C17H21N3O2/c21-9-14-10-1-2-12(7-10)16(14)20-17(22)19-13-3-4-15-11(8-13)5-6-18-15/h3-6,8,10,12,14,16,18,21H,1-2,7,9H2,(H2,19,20,22). The Balaban J connectivity index is 1.44. The highest BCUT2D eigenvalue weighted by molar-refractivity contribution is 5.92. The summed E-state index contributed by atoms with van der Waals surface area (Å²) in [4.78, 5) is 15.4. The number of hydrogen-bond acceptors (Lipinski definition) is 2. The zero-order chi connectivity index (χ0) is 15.1. The number of benzene rings is 1. The lowest BCUT2D eigenvalue weighted by Crippen LogP contribution is -2.46. The lowest BCUT2D eigenvalue weighted by molar-refractivity contribution is 0.146. The third-order valence-electron chi connectivity index (χ3n) is 5.41. The van der Waals surface area contributed by atoms with Crippen LogP contribution in [0.25, 0.3) is 10.9 Å². The van der Waals surface area contributed by atoms with E-state index < -0.39 is 0 Å². The van der Waals surface area contributed by atoms with Crippen molar-refractivity contribution in [3.63, 3.8) is 0 Å². The van der Waals surface area contributed by atoms with Crippen molar-refractivity contribution in [1.29, 1.82) is 0 Å². The average molecular weight is 299 g/mol. The van der Waals surface area contributed by atoms with E-state index in [1.54, 1.807) is 0 Å². The number of aromatic amines is 1. The summed E-state index contributed by atoms with van der Waals surface area (Å²) in [6.07, 6.45) is 5.39. The molecule has 0 aliphatic heterocycles. The van der Waals surface area contributed by atoms with Crippen molar-refractivity contribution in [3.05, 3.63) is 30.5 Å². The van der Waals surface area contributed by atoms with Gasteiger partial charge in [-0.1, -0.05) is 0 Å². The number of aliphatic hydroxyl groups excluding tert-OH is 1. The lowest BCUT2D eigenvalue weighted by atomic mass is 9.85. The Morgan fingerprint density at radius 3 is 3.00 bits per heavy atom. The fraction of sp³-hybridized carbons (Fsp3) is 0.471. The number of carbonyl (C=O) groups is 1. The maximum Gasteiger partial charge on any atom is 0.319 e. The van der Waals surface area contributed by atoms with Gasteiger partial charge >= 0.3 is 6.03 Å². The van der Waals surface area contributed by atoms with E-state index in [4.69, 9.17) is 0 Å². The Morgan fingerprint density at radius 1 is 1.27 bits per heavy atom. The van der Waals surface area contributed by atoms with Crippen molar-refractivity contribution in [1.82, 2.24) is 10.3 Å². The molecule has 2 aliphatic carbocycles. The van der Waals surface area contributed by atoms with Crippen LogP contribution in [0.3, 0.4) is 0 Å². The number of nitrogens with one attached hydrogen (secondary N) is 3. The molecule has 4 N–H and O–H groups in total. The summed E-state index contributed by atoms with van der Waals surface area (Å²) in [5.74, 6) is 1.33. The molecular weight excluding hydrogens is 278 g/mol. The molecule has 2 fully saturated rings. The zero-order valence-electron chi connectivity index (χ0n) is 12.4. The SMILES string of the molecule is O=C(Nc1ccc2[nH]ccc2c1)NC1C2CCC(C2)C1CO. The van der Waals surface area contributed by atoms with Crippen molar-refractivity contribution in [2.24, 2.45) is 17.8 Å². The molecule has 4 rings (SSSR count). The van der Waals surface area contributed by atoms with Gasteiger partial charge < -0.3 is 20.7 Å². The summed E-state index contributed by atoms with van der Waals surface area (Å²) in [7, 11) is 0. The van der Waals surface area contributed by atoms with Crippen LogP contribution in [0.15, 0.2) is 30.5 Å². The van der Waals surface area contributed by atoms with E-state index in [2.05, 4.69) is 15.6 Å². The van der Waals surface area contributed by atoms with Crippen molar-refractivity contribution >= 4 is 22.6 Å². The number of H-pyrrole nitrogens is 1. The number of aliphatic hydroxyl groups is 1. The maximum absolute atomic E-state index is 12.3. The molecule has 5 heteroatoms. The molecule has 4 atom stereocenters. The molecule has 116 valence electrons. The van der Waals surface area contributed by atoms with Crippen LogP contribution in [0.5, 0.6) is 0 Å². The monoisotopic (exact) mass is 299 g/mol. The third kappa shape index (κ3) is 2.25. The highest BCUT2D eigenvalue weighted by Gasteiger charge is 2.47. The Labute approximate surface area is 129 Å². The first-order valence-electron chi connectivity index (χ1n) is 8.00. The van der Waals surface area contributed by atoms with Crippen molar-refractivity contribution < 1.29 is 9.90 Å². The fourth-order valence-corrected chi connectivity index (χ4v) is 4.35. The van der Waals surface area contributed by atoms with Crippen LogP contribution in [-0.2, 0) is 0 Å². The minimum absolute atomic E-state index is 0.111. The van der Waals surface area contributed by atoms with Gasteiger partial charge in [-0.2, -0.15) is 0 Å². The molecule has 2 aliphatic rings. The Hall–Kier alpha value is -2.01. The van der Waals surface area contributed by atoms with E-state index in [1.807, 2.05) is 30.5 Å². The summed E-state index contributed by atoms with van der Waals surface area (Å²) in [6.45, 7) is 0.168. The molecule has 2 amide bonds. The van der Waals surface area contributed by atoms with E-state index in [0.29, 0.717) is 11.8 Å². The van der Waals surface area contributed by atoms with Crippen LogP contribution < -0.4 is 10.6 Å². The summed E-state index contributed by atoms with van der Waals surface area (Å²) >= 11 is 0. The van der Waals surface area contributed by atoms with Crippen molar-refractivity contribution in [3.8, 4) is 0 Å². The number of amides is 2. The first-order valence-corrected chi connectivity index (χ1v) is 8.00. The van der Waals surface area contributed by atoms with Crippen LogP contribution in [0.2, 0.25) is 0 Å². The number of rotatable bonds is 3. The summed E-state index contributed by atoms with van der Waals surface area (Å²) in [5.41, 5.74) is 1.84. The van der Waals surface area contributed by atoms with Gasteiger partial charge in [-0.3, -0.25) is 0 Å². The van der Waals surface area contributed by atoms with E-state index >= 15 is 0 Å². The Morgan fingerprint density at radius 2 is 2.14 bits per heavy atom. The zero-order valence-corrected chi connectivity index (χ0v) is 12.4. The number of carbonyl (C=O) groups excluding carboxylic acids is 1. The smallest absolute Gasteiger partial charge is 0.319 e. The first kappa shape index (κ1) is 13.6. The molecular formula is C17H21N3O2. The van der Waals surface area contributed by atoms with E-state index in [9.17, 15) is 9.90 Å². The number of aromatic nitrogens is 1. The highest BCUT2D eigenvalue weighted by Crippen LogP contribution is 2.48. The molecule has 4 unspecified atom stereocenters.